The topological polar surface area (TPSA) is 44.4 Å². The molecule has 0 bridgehead atoms. The lowest BCUT2D eigenvalue weighted by molar-refractivity contribution is 0.348. The molecule has 1 heterocycles. The van der Waals surface area contributed by atoms with Crippen molar-refractivity contribution >= 4 is 19.0 Å². The number of nitrogens with zero attached hydrogens (tertiary/aromatic N) is 1. The minimum Gasteiger partial charge on any atom is -0.308 e. The third kappa shape index (κ3) is 3.70. The first-order chi connectivity index (χ1) is 10.8. The quantitative estimate of drug-likeness (QED) is 0.778. The molecule has 1 fully saturated rings. The van der Waals surface area contributed by atoms with Crippen molar-refractivity contribution in [2.45, 2.75) is 19.3 Å². The molecule has 0 atom stereocenters. The summed E-state index contributed by atoms with van der Waals surface area (Å²) >= 11 is 0. The molecule has 0 unspecified atom stereocenters. The van der Waals surface area contributed by atoms with Gasteiger partial charge in [0.25, 0.3) is 0 Å². The highest BCUT2D eigenvalue weighted by Gasteiger charge is 2.31. The second kappa shape index (κ2) is 6.99. The molecule has 0 radical (unpaired) electrons. The molecule has 3 rings (SSSR count). The Morgan fingerprint density at radius 1 is 0.727 bits per heavy atom. The molecule has 1 aliphatic rings. The van der Waals surface area contributed by atoms with E-state index in [-0.39, 0.29) is 0 Å². The first kappa shape index (κ1) is 15.1. The Labute approximate surface area is 132 Å². The summed E-state index contributed by atoms with van der Waals surface area (Å²) in [5, 5.41) is 6.49. The molecule has 0 aromatic heterocycles. The second-order valence-electron chi connectivity index (χ2n) is 5.55. The van der Waals surface area contributed by atoms with E-state index in [0.717, 1.165) is 37.3 Å². The number of para-hydroxylation sites is 2. The lowest BCUT2D eigenvalue weighted by Gasteiger charge is -2.35. The number of anilines is 2. The van der Waals surface area contributed by atoms with Crippen LogP contribution in [0.4, 0.5) is 11.4 Å². The standard InChI is InChI=1S/C17H22N3OP/c21-22(20-14-8-3-9-15-20,18-16-10-4-1-5-11-16)19-17-12-6-2-7-13-17/h1-2,4-7,10-13H,3,8-9,14-15H2,(H2,18,19,21). The van der Waals surface area contributed by atoms with E-state index < -0.39 is 7.59 Å². The van der Waals surface area contributed by atoms with Crippen LogP contribution in [0.1, 0.15) is 19.3 Å². The number of hydrogen-bond donors (Lipinski definition) is 2. The average molecular weight is 315 g/mol. The molecular weight excluding hydrogens is 293 g/mol. The predicted molar refractivity (Wildman–Crippen MR) is 93.2 cm³/mol. The first-order valence-electron chi connectivity index (χ1n) is 7.78. The van der Waals surface area contributed by atoms with Gasteiger partial charge in [-0.2, -0.15) is 0 Å². The van der Waals surface area contributed by atoms with Crippen LogP contribution < -0.4 is 10.2 Å². The fourth-order valence-electron chi connectivity index (χ4n) is 2.70. The van der Waals surface area contributed by atoms with Gasteiger partial charge in [-0.25, -0.2) is 4.67 Å². The SMILES string of the molecule is O=P(Nc1ccccc1)(Nc1ccccc1)N1CCCCC1. The third-order valence-electron chi connectivity index (χ3n) is 3.84. The van der Waals surface area contributed by atoms with E-state index in [0.29, 0.717) is 0 Å². The highest BCUT2D eigenvalue weighted by Crippen LogP contribution is 2.50. The summed E-state index contributed by atoms with van der Waals surface area (Å²) in [6.07, 6.45) is 3.40. The van der Waals surface area contributed by atoms with E-state index >= 15 is 0 Å². The van der Waals surface area contributed by atoms with Crippen molar-refractivity contribution < 1.29 is 4.57 Å². The van der Waals surface area contributed by atoms with Crippen LogP contribution in [0, 0.1) is 0 Å². The van der Waals surface area contributed by atoms with Crippen LogP contribution in [0.25, 0.3) is 0 Å². The van der Waals surface area contributed by atoms with Crippen LogP contribution in [0.3, 0.4) is 0 Å². The monoisotopic (exact) mass is 315 g/mol. The Hall–Kier alpha value is -1.77. The van der Waals surface area contributed by atoms with E-state index in [9.17, 15) is 4.57 Å². The molecule has 0 spiro atoms. The largest absolute Gasteiger partial charge is 0.330 e. The van der Waals surface area contributed by atoms with Gasteiger partial charge >= 0.3 is 7.59 Å². The molecule has 1 saturated heterocycles. The molecule has 116 valence electrons. The van der Waals surface area contributed by atoms with Crippen molar-refractivity contribution in [1.82, 2.24) is 4.67 Å². The van der Waals surface area contributed by atoms with Gasteiger partial charge in [-0.1, -0.05) is 42.8 Å². The number of nitrogens with one attached hydrogen (secondary N) is 2. The molecular formula is C17H22N3OP. The fraction of sp³-hybridized carbons (Fsp3) is 0.294. The first-order valence-corrected chi connectivity index (χ1v) is 9.44. The van der Waals surface area contributed by atoms with E-state index in [4.69, 9.17) is 0 Å². The Bertz CT molecular complexity index is 581. The van der Waals surface area contributed by atoms with Crippen LogP contribution in [0.2, 0.25) is 0 Å². The predicted octanol–water partition coefficient (Wildman–Crippen LogP) is 4.80. The second-order valence-corrected chi connectivity index (χ2v) is 7.71. The highest BCUT2D eigenvalue weighted by atomic mass is 31.2. The third-order valence-corrected chi connectivity index (χ3v) is 6.16. The molecule has 0 saturated carbocycles. The van der Waals surface area contributed by atoms with Crippen molar-refractivity contribution in [2.24, 2.45) is 0 Å². The van der Waals surface area contributed by atoms with Gasteiger partial charge in [-0.15, -0.1) is 0 Å². The Balaban J connectivity index is 1.85. The lowest BCUT2D eigenvalue weighted by atomic mass is 10.2. The van der Waals surface area contributed by atoms with Crippen molar-refractivity contribution in [3.8, 4) is 0 Å². The van der Waals surface area contributed by atoms with E-state index in [1.54, 1.807) is 0 Å². The Kier molecular flexibility index (Phi) is 4.81. The summed E-state index contributed by atoms with van der Waals surface area (Å²) in [4.78, 5) is 0. The molecule has 0 amide bonds. The molecule has 2 aromatic carbocycles. The summed E-state index contributed by atoms with van der Waals surface area (Å²) in [7, 11) is -2.91. The van der Waals surface area contributed by atoms with Crippen molar-refractivity contribution in [1.29, 1.82) is 0 Å². The highest BCUT2D eigenvalue weighted by molar-refractivity contribution is 7.64. The Morgan fingerprint density at radius 3 is 1.64 bits per heavy atom. The number of piperidine rings is 1. The maximum absolute atomic E-state index is 13.6. The molecule has 0 aliphatic carbocycles. The van der Waals surface area contributed by atoms with Crippen molar-refractivity contribution in [2.75, 3.05) is 23.3 Å². The summed E-state index contributed by atoms with van der Waals surface area (Å²) in [5.41, 5.74) is 1.75. The van der Waals surface area contributed by atoms with Gasteiger partial charge in [0, 0.05) is 24.5 Å². The van der Waals surface area contributed by atoms with Crippen LogP contribution >= 0.6 is 7.59 Å². The maximum Gasteiger partial charge on any atom is 0.330 e. The molecule has 5 heteroatoms. The van der Waals surface area contributed by atoms with Crippen molar-refractivity contribution in [3.63, 3.8) is 0 Å². The van der Waals surface area contributed by atoms with Gasteiger partial charge in [0.2, 0.25) is 0 Å². The molecule has 22 heavy (non-hydrogen) atoms. The summed E-state index contributed by atoms with van der Waals surface area (Å²) in [6.45, 7) is 1.72. The van der Waals surface area contributed by atoms with Gasteiger partial charge in [0.05, 0.1) is 0 Å². The summed E-state index contributed by atoms with van der Waals surface area (Å²) < 4.78 is 15.7. The number of benzene rings is 2. The minimum atomic E-state index is -2.91. The van der Waals surface area contributed by atoms with Crippen LogP contribution in [-0.2, 0) is 4.57 Å². The van der Waals surface area contributed by atoms with Crippen LogP contribution in [0.5, 0.6) is 0 Å². The Morgan fingerprint density at radius 2 is 1.18 bits per heavy atom. The normalized spacial score (nSPS) is 16.2. The fourth-order valence-corrected chi connectivity index (χ4v) is 4.89. The average Bonchev–Trinajstić information content (AvgIpc) is 2.57. The van der Waals surface area contributed by atoms with Crippen molar-refractivity contribution in [3.05, 3.63) is 60.7 Å². The number of rotatable bonds is 5. The molecule has 1 aliphatic heterocycles. The number of hydrogen-bond acceptors (Lipinski definition) is 1. The van der Waals surface area contributed by atoms with Crippen LogP contribution in [0.15, 0.2) is 60.7 Å². The smallest absolute Gasteiger partial charge is 0.308 e. The zero-order valence-electron chi connectivity index (χ0n) is 12.6. The maximum atomic E-state index is 13.6. The van der Waals surface area contributed by atoms with E-state index in [2.05, 4.69) is 14.8 Å². The van der Waals surface area contributed by atoms with Crippen LogP contribution in [-0.4, -0.2) is 17.8 Å². The van der Waals surface area contributed by atoms with Gasteiger partial charge in [-0.05, 0) is 37.1 Å². The van der Waals surface area contributed by atoms with Gasteiger partial charge in [0.1, 0.15) is 0 Å². The molecule has 2 aromatic rings. The molecule has 2 N–H and O–H groups in total. The molecule has 4 nitrogen and oxygen atoms in total. The summed E-state index contributed by atoms with van der Waals surface area (Å²) in [6, 6.07) is 19.5. The van der Waals surface area contributed by atoms with E-state index in [1.807, 2.05) is 60.7 Å². The zero-order chi connectivity index (χ0) is 15.3. The lowest BCUT2D eigenvalue weighted by Crippen LogP contribution is -2.32. The zero-order valence-corrected chi connectivity index (χ0v) is 13.5. The van der Waals surface area contributed by atoms with Gasteiger partial charge in [-0.3, -0.25) is 4.57 Å². The minimum absolute atomic E-state index is 0.858. The van der Waals surface area contributed by atoms with Gasteiger partial charge in [0.15, 0.2) is 0 Å². The summed E-state index contributed by atoms with van der Waals surface area (Å²) in [5.74, 6) is 0. The van der Waals surface area contributed by atoms with E-state index in [1.165, 1.54) is 6.42 Å². The van der Waals surface area contributed by atoms with Gasteiger partial charge < -0.3 is 10.2 Å².